The molecule has 1 aromatic heterocycles. The maximum Gasteiger partial charge on any atom is 0.227 e. The molecule has 2 N–H and O–H groups in total. The monoisotopic (exact) mass is 431 g/mol. The number of hydrogen-bond donors (Lipinski definition) is 2. The van der Waals surface area contributed by atoms with Gasteiger partial charge >= 0.3 is 0 Å². The molecule has 0 bridgehead atoms. The fraction of sp³-hybridized carbons (Fsp3) is 0.400. The number of fused-ring (bicyclic) bond motifs is 1. The second-order valence-electron chi connectivity index (χ2n) is 8.74. The number of benzene rings is 2. The third kappa shape index (κ3) is 4.25. The van der Waals surface area contributed by atoms with Crippen molar-refractivity contribution in [2.24, 2.45) is 0 Å². The topological polar surface area (TPSA) is 81.6 Å². The molecule has 2 heterocycles. The predicted octanol–water partition coefficient (Wildman–Crippen LogP) is 4.06. The first-order chi connectivity index (χ1) is 15.7. The number of carbonyl (C=O) groups is 1. The van der Waals surface area contributed by atoms with Gasteiger partial charge in [0.1, 0.15) is 12.0 Å². The van der Waals surface area contributed by atoms with E-state index in [1.165, 1.54) is 18.5 Å². The average molecular weight is 432 g/mol. The summed E-state index contributed by atoms with van der Waals surface area (Å²) in [5, 5.41) is 14.8. The van der Waals surface area contributed by atoms with Gasteiger partial charge in [0.2, 0.25) is 5.95 Å². The van der Waals surface area contributed by atoms with Crippen molar-refractivity contribution in [3.8, 4) is 5.75 Å². The number of aromatic hydroxyl groups is 1. The van der Waals surface area contributed by atoms with Gasteiger partial charge in [0, 0.05) is 54.7 Å². The largest absolute Gasteiger partial charge is 0.508 e. The van der Waals surface area contributed by atoms with Crippen LogP contribution in [-0.2, 0) is 4.79 Å². The van der Waals surface area contributed by atoms with Crippen molar-refractivity contribution in [1.82, 2.24) is 14.9 Å². The van der Waals surface area contributed by atoms with Gasteiger partial charge in [0.15, 0.2) is 0 Å². The lowest BCUT2D eigenvalue weighted by Crippen LogP contribution is -2.46. The predicted molar refractivity (Wildman–Crippen MR) is 127 cm³/mol. The van der Waals surface area contributed by atoms with E-state index >= 15 is 0 Å². The van der Waals surface area contributed by atoms with Crippen LogP contribution >= 0.6 is 0 Å². The van der Waals surface area contributed by atoms with Gasteiger partial charge in [-0.25, -0.2) is 9.97 Å². The molecule has 7 heteroatoms. The molecule has 1 aliphatic carbocycles. The zero-order valence-electron chi connectivity index (χ0n) is 18.2. The number of nitrogens with one attached hydrogen (secondary N) is 1. The summed E-state index contributed by atoms with van der Waals surface area (Å²) in [5.41, 5.74) is 3.91. The van der Waals surface area contributed by atoms with Gasteiger partial charge in [0.25, 0.3) is 0 Å². The maximum absolute atomic E-state index is 10.7. The van der Waals surface area contributed by atoms with E-state index in [1.807, 2.05) is 24.4 Å². The molecule has 1 saturated heterocycles. The Morgan fingerprint density at radius 2 is 1.78 bits per heavy atom. The van der Waals surface area contributed by atoms with Crippen LogP contribution < -0.4 is 10.2 Å². The Hall–Kier alpha value is -3.19. The van der Waals surface area contributed by atoms with Crippen molar-refractivity contribution in [3.05, 3.63) is 48.2 Å². The second kappa shape index (κ2) is 9.12. The van der Waals surface area contributed by atoms with Gasteiger partial charge in [-0.05, 0) is 55.2 Å². The highest BCUT2D eigenvalue weighted by molar-refractivity contribution is 5.85. The molecule has 0 atom stereocenters. The maximum atomic E-state index is 10.7. The van der Waals surface area contributed by atoms with Crippen LogP contribution in [0.3, 0.4) is 0 Å². The number of rotatable bonds is 6. The van der Waals surface area contributed by atoms with E-state index in [-0.39, 0.29) is 0 Å². The first kappa shape index (κ1) is 20.7. The van der Waals surface area contributed by atoms with Gasteiger partial charge in [-0.1, -0.05) is 12.8 Å². The van der Waals surface area contributed by atoms with Crippen molar-refractivity contribution in [1.29, 1.82) is 0 Å². The number of carbonyl (C=O) groups excluding carboxylic acids is 1. The summed E-state index contributed by atoms with van der Waals surface area (Å²) in [6, 6.07) is 12.0. The Bertz CT molecular complexity index is 1090. The second-order valence-corrected chi connectivity index (χ2v) is 8.74. The molecule has 1 aliphatic heterocycles. The zero-order valence-corrected chi connectivity index (χ0v) is 18.2. The van der Waals surface area contributed by atoms with Crippen molar-refractivity contribution in [2.45, 2.75) is 31.6 Å². The van der Waals surface area contributed by atoms with Crippen molar-refractivity contribution in [3.63, 3.8) is 0 Å². The van der Waals surface area contributed by atoms with E-state index in [9.17, 15) is 9.90 Å². The number of piperazine rings is 1. The fourth-order valence-electron chi connectivity index (χ4n) is 4.96. The average Bonchev–Trinajstić information content (AvgIpc) is 3.35. The summed E-state index contributed by atoms with van der Waals surface area (Å²) in [6.07, 6.45) is 7.41. The molecule has 32 heavy (non-hydrogen) atoms. The fourth-order valence-corrected chi connectivity index (χ4v) is 4.96. The lowest BCUT2D eigenvalue weighted by Gasteiger charge is -2.35. The normalized spacial score (nSPS) is 17.7. The smallest absolute Gasteiger partial charge is 0.227 e. The van der Waals surface area contributed by atoms with Crippen LogP contribution in [0.25, 0.3) is 10.9 Å². The summed E-state index contributed by atoms with van der Waals surface area (Å²) in [5.74, 6) is 1.25. The van der Waals surface area contributed by atoms with E-state index in [0.29, 0.717) is 24.2 Å². The van der Waals surface area contributed by atoms with Gasteiger partial charge in [-0.2, -0.15) is 0 Å². The van der Waals surface area contributed by atoms with Gasteiger partial charge < -0.3 is 20.1 Å². The van der Waals surface area contributed by atoms with Crippen LogP contribution in [0.5, 0.6) is 5.75 Å². The number of phenolic OH excluding ortho intramolecular Hbond substituents is 1. The molecule has 0 amide bonds. The van der Waals surface area contributed by atoms with Crippen LogP contribution in [0.15, 0.2) is 42.6 Å². The molecule has 0 spiro atoms. The quantitative estimate of drug-likeness (QED) is 0.570. The van der Waals surface area contributed by atoms with Crippen molar-refractivity contribution in [2.75, 3.05) is 42.9 Å². The van der Waals surface area contributed by atoms with Crippen molar-refractivity contribution >= 4 is 34.5 Å². The Morgan fingerprint density at radius 1 is 1.03 bits per heavy atom. The van der Waals surface area contributed by atoms with E-state index < -0.39 is 0 Å². The van der Waals surface area contributed by atoms with E-state index in [4.69, 9.17) is 4.98 Å². The third-order valence-electron chi connectivity index (χ3n) is 6.73. The molecule has 0 radical (unpaired) electrons. The minimum absolute atomic E-state index is 0.339. The third-order valence-corrected chi connectivity index (χ3v) is 6.73. The number of aromatic nitrogens is 2. The first-order valence-electron chi connectivity index (χ1n) is 11.5. The Morgan fingerprint density at radius 3 is 2.50 bits per heavy atom. The molecular formula is C25H29N5O2. The molecule has 3 aromatic rings. The molecule has 7 nitrogen and oxygen atoms in total. The molecular weight excluding hydrogens is 402 g/mol. The Balaban J connectivity index is 1.32. The van der Waals surface area contributed by atoms with Crippen LogP contribution in [0.1, 0.15) is 37.2 Å². The summed E-state index contributed by atoms with van der Waals surface area (Å²) >= 11 is 0. The highest BCUT2D eigenvalue weighted by atomic mass is 16.3. The first-order valence-corrected chi connectivity index (χ1v) is 11.5. The summed E-state index contributed by atoms with van der Waals surface area (Å²) < 4.78 is 0. The number of aldehydes is 1. The zero-order chi connectivity index (χ0) is 21.9. The summed E-state index contributed by atoms with van der Waals surface area (Å²) in [7, 11) is 0. The molecule has 2 aromatic carbocycles. The number of hydrogen-bond acceptors (Lipinski definition) is 7. The van der Waals surface area contributed by atoms with Crippen LogP contribution in [0, 0.1) is 0 Å². The number of phenols is 1. The lowest BCUT2D eigenvalue weighted by molar-refractivity contribution is -0.108. The molecule has 166 valence electrons. The van der Waals surface area contributed by atoms with Crippen LogP contribution in [0.4, 0.5) is 17.3 Å². The molecule has 1 saturated carbocycles. The standard InChI is InChI=1S/C25H29N5O2/c31-16-15-29-11-13-30(14-12-29)21-8-6-20(7-9-21)27-25-26-17-19-5-10-22(32)23(24(19)28-25)18-3-1-2-4-18/h5-10,16-18,32H,1-4,11-15H2,(H,26,27,28). The van der Waals surface area contributed by atoms with Crippen molar-refractivity contribution < 1.29 is 9.90 Å². The van der Waals surface area contributed by atoms with Crippen LogP contribution in [-0.4, -0.2) is 59.0 Å². The minimum Gasteiger partial charge on any atom is -0.508 e. The Kier molecular flexibility index (Phi) is 5.90. The molecule has 2 fully saturated rings. The highest BCUT2D eigenvalue weighted by Crippen LogP contribution is 2.41. The van der Waals surface area contributed by atoms with E-state index in [2.05, 4.69) is 32.2 Å². The summed E-state index contributed by atoms with van der Waals surface area (Å²) in [4.78, 5) is 24.5. The SMILES string of the molecule is O=CCN1CCN(c2ccc(Nc3ncc4ccc(O)c(C5CCCC5)c4n3)cc2)CC1. The highest BCUT2D eigenvalue weighted by Gasteiger charge is 2.23. The van der Waals surface area contributed by atoms with Gasteiger partial charge in [0.05, 0.1) is 12.1 Å². The minimum atomic E-state index is 0.339. The number of nitrogens with zero attached hydrogens (tertiary/aromatic N) is 4. The van der Waals surface area contributed by atoms with Gasteiger partial charge in [-0.3, -0.25) is 4.90 Å². The summed E-state index contributed by atoms with van der Waals surface area (Å²) in [6.45, 7) is 4.16. The Labute approximate surface area is 188 Å². The number of anilines is 3. The molecule has 0 unspecified atom stereocenters. The van der Waals surface area contributed by atoms with Gasteiger partial charge in [-0.15, -0.1) is 0 Å². The molecule has 2 aliphatic rings. The van der Waals surface area contributed by atoms with E-state index in [1.54, 1.807) is 6.07 Å². The lowest BCUT2D eigenvalue weighted by atomic mass is 9.94. The van der Waals surface area contributed by atoms with E-state index in [0.717, 1.165) is 67.5 Å². The van der Waals surface area contributed by atoms with Crippen LogP contribution in [0.2, 0.25) is 0 Å². The molecule has 5 rings (SSSR count).